The van der Waals surface area contributed by atoms with Gasteiger partial charge >= 0.3 is 6.18 Å². The average Bonchev–Trinajstić information content (AvgIpc) is 3.70. The fourth-order valence-electron chi connectivity index (χ4n) is 7.28. The molecule has 3 fully saturated rings. The predicted molar refractivity (Wildman–Crippen MR) is 190 cm³/mol. The number of ether oxygens (including phenoxy) is 1. The molecule has 2 amide bonds. The van der Waals surface area contributed by atoms with Gasteiger partial charge in [-0.25, -0.2) is 4.68 Å². The zero-order valence-corrected chi connectivity index (χ0v) is 30.2. The molecule has 1 saturated carbocycles. The van der Waals surface area contributed by atoms with Crippen LogP contribution in [-0.2, 0) is 28.7 Å². The number of nitrogens with one attached hydrogen (secondary N) is 2. The van der Waals surface area contributed by atoms with Crippen LogP contribution in [0, 0.1) is 0 Å². The van der Waals surface area contributed by atoms with E-state index in [0.717, 1.165) is 42.0 Å². The molecular weight excluding hydrogens is 721 g/mol. The molecule has 2 saturated heterocycles. The lowest BCUT2D eigenvalue weighted by Crippen LogP contribution is -2.51. The second-order valence-corrected chi connectivity index (χ2v) is 14.2. The Morgan fingerprint density at radius 3 is 2.34 bits per heavy atom. The molecular formula is C34H40ClF3N10O5. The molecule has 1 aromatic carbocycles. The molecule has 2 aliphatic heterocycles. The summed E-state index contributed by atoms with van der Waals surface area (Å²) in [5.74, 6) is -0.626. The van der Waals surface area contributed by atoms with Crippen LogP contribution in [0.2, 0.25) is 5.02 Å². The number of piperazine rings is 1. The van der Waals surface area contributed by atoms with E-state index in [-0.39, 0.29) is 96.1 Å². The summed E-state index contributed by atoms with van der Waals surface area (Å²) in [5.41, 5.74) is -0.935. The summed E-state index contributed by atoms with van der Waals surface area (Å²) in [6, 6.07) is 2.73. The number of rotatable bonds is 8. The highest BCUT2D eigenvalue weighted by Crippen LogP contribution is 2.34. The molecule has 4 aromatic rings. The van der Waals surface area contributed by atoms with Gasteiger partial charge < -0.3 is 34.4 Å². The van der Waals surface area contributed by atoms with E-state index in [1.807, 2.05) is 30.6 Å². The fraction of sp³-hybridized carbons (Fsp3) is 0.529. The number of carbonyl (C=O) groups excluding carboxylic acids is 2. The Balaban J connectivity index is 1.20. The van der Waals surface area contributed by atoms with Crippen molar-refractivity contribution in [1.29, 1.82) is 0 Å². The van der Waals surface area contributed by atoms with Crippen LogP contribution in [0.25, 0.3) is 5.78 Å². The number of aromatic amines is 1. The molecule has 5 heterocycles. The number of nitrogens with zero attached hydrogens (tertiary/aromatic N) is 8. The number of halogens is 4. The molecule has 0 radical (unpaired) electrons. The summed E-state index contributed by atoms with van der Waals surface area (Å²) in [5, 5.41) is 9.85. The van der Waals surface area contributed by atoms with Crippen LogP contribution in [0.4, 0.5) is 30.5 Å². The van der Waals surface area contributed by atoms with Crippen molar-refractivity contribution in [2.75, 3.05) is 54.4 Å². The van der Waals surface area contributed by atoms with Gasteiger partial charge in [0.15, 0.2) is 0 Å². The maximum atomic E-state index is 14.3. The Morgan fingerprint density at radius 1 is 1.04 bits per heavy atom. The van der Waals surface area contributed by atoms with Crippen LogP contribution >= 0.6 is 11.6 Å². The van der Waals surface area contributed by atoms with Crippen LogP contribution in [0.15, 0.2) is 34.0 Å². The van der Waals surface area contributed by atoms with Crippen molar-refractivity contribution in [2.24, 2.45) is 0 Å². The van der Waals surface area contributed by atoms with Crippen LogP contribution in [0.1, 0.15) is 67.7 Å². The summed E-state index contributed by atoms with van der Waals surface area (Å²) in [6.07, 6.45) is -0.306. The summed E-state index contributed by atoms with van der Waals surface area (Å²) in [7, 11) is 0. The zero-order chi connectivity index (χ0) is 37.8. The highest BCUT2D eigenvalue weighted by molar-refractivity contribution is 6.33. The van der Waals surface area contributed by atoms with Crippen LogP contribution in [0.5, 0.6) is 0 Å². The van der Waals surface area contributed by atoms with E-state index in [1.54, 1.807) is 9.47 Å². The van der Waals surface area contributed by atoms with Crippen molar-refractivity contribution < 1.29 is 27.5 Å². The maximum absolute atomic E-state index is 14.3. The molecule has 2 N–H and O–H groups in total. The summed E-state index contributed by atoms with van der Waals surface area (Å²) in [6.45, 7) is 7.22. The van der Waals surface area contributed by atoms with Gasteiger partial charge in [-0.15, -0.1) is 5.10 Å². The van der Waals surface area contributed by atoms with Gasteiger partial charge in [-0.3, -0.25) is 19.2 Å². The van der Waals surface area contributed by atoms with Gasteiger partial charge in [0.25, 0.3) is 17.0 Å². The van der Waals surface area contributed by atoms with E-state index in [0.29, 0.717) is 25.2 Å². The number of benzene rings is 1. The SMILES string of the molecule is CCc1c(N2CCN(C(=O)c3c[nH]n(C4CCC4)c3=O)CC2)c(=O)n2nc(N3C[C@@H](C)O[C@@H](C)C3)nc2n1CC(=O)Nc1ccc(C(F)(F)F)cc1Cl. The molecule has 1 aliphatic carbocycles. The van der Waals surface area contributed by atoms with Gasteiger partial charge in [-0.05, 0) is 57.7 Å². The van der Waals surface area contributed by atoms with Gasteiger partial charge in [0.2, 0.25) is 17.6 Å². The van der Waals surface area contributed by atoms with Crippen molar-refractivity contribution >= 4 is 46.5 Å². The van der Waals surface area contributed by atoms with E-state index in [1.165, 1.54) is 10.9 Å². The lowest BCUT2D eigenvalue weighted by atomic mass is 9.93. The first-order valence-electron chi connectivity index (χ1n) is 17.7. The molecule has 0 unspecified atom stereocenters. The van der Waals surface area contributed by atoms with Gasteiger partial charge in [0.05, 0.1) is 40.2 Å². The average molecular weight is 761 g/mol. The fourth-order valence-corrected chi connectivity index (χ4v) is 7.50. The Hall–Kier alpha value is -4.84. The second kappa shape index (κ2) is 14.2. The van der Waals surface area contributed by atoms with Gasteiger partial charge in [-0.2, -0.15) is 22.7 Å². The molecule has 284 valence electrons. The van der Waals surface area contributed by atoms with E-state index < -0.39 is 23.2 Å². The monoisotopic (exact) mass is 760 g/mol. The molecule has 0 spiro atoms. The van der Waals surface area contributed by atoms with E-state index in [2.05, 4.69) is 15.5 Å². The number of hydrogen-bond acceptors (Lipinski definition) is 9. The van der Waals surface area contributed by atoms with Crippen molar-refractivity contribution in [3.63, 3.8) is 0 Å². The molecule has 3 aromatic heterocycles. The van der Waals surface area contributed by atoms with Gasteiger partial charge in [-0.1, -0.05) is 18.5 Å². The van der Waals surface area contributed by atoms with Crippen molar-refractivity contribution in [2.45, 2.75) is 77.4 Å². The van der Waals surface area contributed by atoms with Crippen LogP contribution < -0.4 is 26.2 Å². The number of carbonyl (C=O) groups is 2. The first-order chi connectivity index (χ1) is 25.2. The number of alkyl halides is 3. The Kier molecular flexibility index (Phi) is 9.77. The smallest absolute Gasteiger partial charge is 0.372 e. The number of amides is 2. The first kappa shape index (κ1) is 36.5. The lowest BCUT2D eigenvalue weighted by molar-refractivity contribution is -0.137. The number of hydrogen-bond donors (Lipinski definition) is 2. The number of morpholine rings is 1. The van der Waals surface area contributed by atoms with E-state index in [4.69, 9.17) is 21.3 Å². The minimum atomic E-state index is -4.61. The minimum absolute atomic E-state index is 0.0129. The van der Waals surface area contributed by atoms with Crippen LogP contribution in [0.3, 0.4) is 0 Å². The topological polar surface area (TPSA) is 155 Å². The molecule has 3 aliphatic rings. The second-order valence-electron chi connectivity index (χ2n) is 13.8. The Morgan fingerprint density at radius 2 is 1.74 bits per heavy atom. The normalized spacial score (nSPS) is 19.9. The third-order valence-electron chi connectivity index (χ3n) is 10.1. The summed E-state index contributed by atoms with van der Waals surface area (Å²) >= 11 is 6.14. The van der Waals surface area contributed by atoms with Crippen molar-refractivity contribution in [1.82, 2.24) is 33.8 Å². The standard InChI is InChI=1S/C34H40ClF3N10O5/c1-4-26-28(43-10-12-44(13-11-43)29(50)23-15-39-47(30(23)51)22-6-5-7-22)31(52)48-33(41-32(42-48)45-16-19(2)53-20(3)17-45)46(26)18-27(49)40-25-9-8-21(14-24(25)35)34(36,37)38/h8-9,14-15,19-20,22,39H,4-7,10-13,16-18H2,1-3H3,(H,40,49)/t19-,20+. The summed E-state index contributed by atoms with van der Waals surface area (Å²) < 4.78 is 49.8. The molecule has 2 atom stereocenters. The van der Waals surface area contributed by atoms with Gasteiger partial charge in [0, 0.05) is 45.5 Å². The van der Waals surface area contributed by atoms with Gasteiger partial charge in [0.1, 0.15) is 17.8 Å². The van der Waals surface area contributed by atoms with E-state index >= 15 is 0 Å². The maximum Gasteiger partial charge on any atom is 0.416 e. The molecule has 15 nitrogen and oxygen atoms in total. The Bertz CT molecular complexity index is 2160. The number of aromatic nitrogens is 6. The lowest BCUT2D eigenvalue weighted by Gasteiger charge is -2.36. The first-order valence-corrected chi connectivity index (χ1v) is 18.0. The molecule has 19 heteroatoms. The minimum Gasteiger partial charge on any atom is -0.372 e. The number of anilines is 3. The third-order valence-corrected chi connectivity index (χ3v) is 10.4. The largest absolute Gasteiger partial charge is 0.416 e. The molecule has 53 heavy (non-hydrogen) atoms. The number of H-pyrrole nitrogens is 1. The zero-order valence-electron chi connectivity index (χ0n) is 29.5. The van der Waals surface area contributed by atoms with Crippen LogP contribution in [-0.4, -0.2) is 97.1 Å². The Labute approximate surface area is 306 Å². The third kappa shape index (κ3) is 7.01. The highest BCUT2D eigenvalue weighted by atomic mass is 35.5. The highest BCUT2D eigenvalue weighted by Gasteiger charge is 2.34. The quantitative estimate of drug-likeness (QED) is 0.275. The molecule has 0 bridgehead atoms. The van der Waals surface area contributed by atoms with Crippen molar-refractivity contribution in [3.05, 3.63) is 66.9 Å². The predicted octanol–water partition coefficient (Wildman–Crippen LogP) is 3.56. The number of fused-ring (bicyclic) bond motifs is 1. The van der Waals surface area contributed by atoms with Crippen molar-refractivity contribution in [3.8, 4) is 0 Å². The van der Waals surface area contributed by atoms with E-state index in [9.17, 15) is 32.3 Å². The summed E-state index contributed by atoms with van der Waals surface area (Å²) in [4.78, 5) is 64.4. The molecule has 7 rings (SSSR count).